The summed E-state index contributed by atoms with van der Waals surface area (Å²) in [6.45, 7) is 2.22. The first-order valence-electron chi connectivity index (χ1n) is 6.85. The van der Waals surface area contributed by atoms with Crippen LogP contribution in [0.4, 0.5) is 4.39 Å². The van der Waals surface area contributed by atoms with Crippen molar-refractivity contribution >= 4 is 0 Å². The number of hydrogen-bond donors (Lipinski definition) is 1. The standard InChI is InChI=1S/C16H21FN2/c1-19(11-13-4-2-5-13)12-15-7-8-16(17)10-14(15)6-3-9-18/h7-8,10,13H,2,4-5,9,11-12,18H2,1H3. The van der Waals surface area contributed by atoms with E-state index in [4.69, 9.17) is 5.73 Å². The summed E-state index contributed by atoms with van der Waals surface area (Å²) in [6, 6.07) is 4.82. The maximum absolute atomic E-state index is 13.3. The fourth-order valence-corrected chi connectivity index (χ4v) is 2.42. The molecule has 0 atom stereocenters. The summed E-state index contributed by atoms with van der Waals surface area (Å²) in [4.78, 5) is 2.30. The van der Waals surface area contributed by atoms with Gasteiger partial charge >= 0.3 is 0 Å². The maximum Gasteiger partial charge on any atom is 0.124 e. The first-order chi connectivity index (χ1) is 9.19. The molecule has 1 aromatic carbocycles. The lowest BCUT2D eigenvalue weighted by molar-refractivity contribution is 0.200. The van der Waals surface area contributed by atoms with Crippen LogP contribution in [0.3, 0.4) is 0 Å². The molecule has 3 heteroatoms. The molecule has 102 valence electrons. The van der Waals surface area contributed by atoms with Gasteiger partial charge < -0.3 is 10.6 Å². The lowest BCUT2D eigenvalue weighted by Gasteiger charge is -2.30. The molecule has 1 fully saturated rings. The van der Waals surface area contributed by atoms with Gasteiger partial charge in [-0.15, -0.1) is 0 Å². The molecule has 0 aromatic heterocycles. The summed E-state index contributed by atoms with van der Waals surface area (Å²) in [6.07, 6.45) is 4.05. The number of rotatable bonds is 4. The molecule has 0 radical (unpaired) electrons. The van der Waals surface area contributed by atoms with E-state index < -0.39 is 0 Å². The van der Waals surface area contributed by atoms with Gasteiger partial charge in [0.2, 0.25) is 0 Å². The second-order valence-electron chi connectivity index (χ2n) is 5.30. The zero-order valence-electron chi connectivity index (χ0n) is 11.5. The SMILES string of the molecule is CN(Cc1ccc(F)cc1C#CCN)CC1CCC1. The van der Waals surface area contributed by atoms with Crippen LogP contribution in [0.1, 0.15) is 30.4 Å². The molecular weight excluding hydrogens is 239 g/mol. The van der Waals surface area contributed by atoms with E-state index in [0.29, 0.717) is 6.54 Å². The highest BCUT2D eigenvalue weighted by Crippen LogP contribution is 2.27. The normalized spacial score (nSPS) is 14.9. The van der Waals surface area contributed by atoms with Crippen LogP contribution in [0, 0.1) is 23.6 Å². The summed E-state index contributed by atoms with van der Waals surface area (Å²) in [5, 5.41) is 0. The molecule has 1 aliphatic carbocycles. The highest BCUT2D eigenvalue weighted by atomic mass is 19.1. The van der Waals surface area contributed by atoms with Crippen molar-refractivity contribution in [2.75, 3.05) is 20.1 Å². The van der Waals surface area contributed by atoms with Crippen molar-refractivity contribution in [2.24, 2.45) is 11.7 Å². The smallest absolute Gasteiger partial charge is 0.124 e. The van der Waals surface area contributed by atoms with E-state index in [1.165, 1.54) is 31.4 Å². The minimum Gasteiger partial charge on any atom is -0.320 e. The van der Waals surface area contributed by atoms with Crippen molar-refractivity contribution in [3.63, 3.8) is 0 Å². The zero-order chi connectivity index (χ0) is 13.7. The van der Waals surface area contributed by atoms with E-state index >= 15 is 0 Å². The summed E-state index contributed by atoms with van der Waals surface area (Å²) < 4.78 is 13.3. The monoisotopic (exact) mass is 260 g/mol. The Bertz CT molecular complexity index is 483. The minimum atomic E-state index is -0.244. The third-order valence-electron chi connectivity index (χ3n) is 3.63. The molecule has 2 N–H and O–H groups in total. The minimum absolute atomic E-state index is 0.244. The largest absolute Gasteiger partial charge is 0.320 e. The molecule has 0 unspecified atom stereocenters. The van der Waals surface area contributed by atoms with Gasteiger partial charge in [0.25, 0.3) is 0 Å². The van der Waals surface area contributed by atoms with Crippen molar-refractivity contribution in [1.82, 2.24) is 4.90 Å². The molecule has 1 saturated carbocycles. The molecule has 0 saturated heterocycles. The van der Waals surface area contributed by atoms with E-state index in [1.54, 1.807) is 0 Å². The van der Waals surface area contributed by atoms with Gasteiger partial charge in [-0.2, -0.15) is 0 Å². The zero-order valence-corrected chi connectivity index (χ0v) is 11.5. The number of hydrogen-bond acceptors (Lipinski definition) is 2. The van der Waals surface area contributed by atoms with Crippen LogP contribution < -0.4 is 5.73 Å². The van der Waals surface area contributed by atoms with E-state index in [1.807, 2.05) is 6.07 Å². The highest BCUT2D eigenvalue weighted by molar-refractivity contribution is 5.41. The second kappa shape index (κ2) is 6.70. The first kappa shape index (κ1) is 14.0. The summed E-state index contributed by atoms with van der Waals surface area (Å²) in [5.74, 6) is 6.35. The van der Waals surface area contributed by atoms with Gasteiger partial charge in [0.1, 0.15) is 5.82 Å². The van der Waals surface area contributed by atoms with Crippen molar-refractivity contribution in [3.05, 3.63) is 35.1 Å². The Kier molecular flexibility index (Phi) is 4.95. The molecule has 1 aliphatic rings. The van der Waals surface area contributed by atoms with Gasteiger partial charge in [-0.05, 0) is 43.5 Å². The highest BCUT2D eigenvalue weighted by Gasteiger charge is 2.19. The first-order valence-corrected chi connectivity index (χ1v) is 6.85. The van der Waals surface area contributed by atoms with E-state index in [2.05, 4.69) is 23.8 Å². The second-order valence-corrected chi connectivity index (χ2v) is 5.30. The Morgan fingerprint density at radius 3 is 2.84 bits per heavy atom. The van der Waals surface area contributed by atoms with Crippen LogP contribution in [0.5, 0.6) is 0 Å². The lowest BCUT2D eigenvalue weighted by atomic mass is 9.85. The van der Waals surface area contributed by atoms with Gasteiger partial charge in [0.15, 0.2) is 0 Å². The topological polar surface area (TPSA) is 29.3 Å². The van der Waals surface area contributed by atoms with Crippen LogP contribution in [0.25, 0.3) is 0 Å². The molecule has 1 aromatic rings. The number of halogens is 1. The predicted octanol–water partition coefficient (Wildman–Crippen LogP) is 2.37. The Morgan fingerprint density at radius 2 is 2.21 bits per heavy atom. The Labute approximate surface area is 114 Å². The van der Waals surface area contributed by atoms with Crippen LogP contribution >= 0.6 is 0 Å². The Hall–Kier alpha value is -1.37. The van der Waals surface area contributed by atoms with Crippen LogP contribution in [0.15, 0.2) is 18.2 Å². The van der Waals surface area contributed by atoms with Gasteiger partial charge in [0, 0.05) is 18.7 Å². The van der Waals surface area contributed by atoms with E-state index in [9.17, 15) is 4.39 Å². The number of benzene rings is 1. The van der Waals surface area contributed by atoms with Crippen molar-refractivity contribution in [3.8, 4) is 11.8 Å². The van der Waals surface area contributed by atoms with Gasteiger partial charge in [-0.1, -0.05) is 24.3 Å². The summed E-state index contributed by atoms with van der Waals surface area (Å²) in [7, 11) is 2.11. The maximum atomic E-state index is 13.3. The van der Waals surface area contributed by atoms with Gasteiger partial charge in [-0.3, -0.25) is 0 Å². The van der Waals surface area contributed by atoms with Crippen molar-refractivity contribution < 1.29 is 4.39 Å². The average molecular weight is 260 g/mol. The van der Waals surface area contributed by atoms with Crippen LogP contribution in [-0.2, 0) is 6.54 Å². The molecule has 0 bridgehead atoms. The van der Waals surface area contributed by atoms with E-state index in [0.717, 1.165) is 30.1 Å². The molecule has 2 rings (SSSR count). The van der Waals surface area contributed by atoms with Gasteiger partial charge in [-0.25, -0.2) is 4.39 Å². The van der Waals surface area contributed by atoms with Crippen molar-refractivity contribution in [1.29, 1.82) is 0 Å². The third kappa shape index (κ3) is 4.05. The van der Waals surface area contributed by atoms with Crippen molar-refractivity contribution in [2.45, 2.75) is 25.8 Å². The quantitative estimate of drug-likeness (QED) is 0.842. The molecule has 0 amide bonds. The van der Waals surface area contributed by atoms with Crippen LogP contribution in [0.2, 0.25) is 0 Å². The Morgan fingerprint density at radius 1 is 1.42 bits per heavy atom. The molecule has 19 heavy (non-hydrogen) atoms. The molecule has 2 nitrogen and oxygen atoms in total. The molecule has 0 aliphatic heterocycles. The third-order valence-corrected chi connectivity index (χ3v) is 3.63. The summed E-state index contributed by atoms with van der Waals surface area (Å²) >= 11 is 0. The average Bonchev–Trinajstić information content (AvgIpc) is 2.34. The van der Waals surface area contributed by atoms with Gasteiger partial charge in [0.05, 0.1) is 6.54 Å². The number of nitrogens with zero attached hydrogens (tertiary/aromatic N) is 1. The molecular formula is C16H21FN2. The summed E-state index contributed by atoms with van der Waals surface area (Å²) in [5.41, 5.74) is 7.21. The lowest BCUT2D eigenvalue weighted by Crippen LogP contribution is -2.29. The Balaban J connectivity index is 2.05. The van der Waals surface area contributed by atoms with E-state index in [-0.39, 0.29) is 5.82 Å². The fourth-order valence-electron chi connectivity index (χ4n) is 2.42. The number of nitrogens with two attached hydrogens (primary N) is 1. The predicted molar refractivity (Wildman–Crippen MR) is 76.0 cm³/mol. The molecule has 0 spiro atoms. The molecule has 0 heterocycles. The fraction of sp³-hybridized carbons (Fsp3) is 0.500. The van der Waals surface area contributed by atoms with Crippen LogP contribution in [-0.4, -0.2) is 25.0 Å².